The number of rotatable bonds is 5. The van der Waals surface area contributed by atoms with Crippen LogP contribution in [0, 0.1) is 5.92 Å². The molecular weight excluding hydrogens is 312 g/mol. The molecule has 0 aromatic heterocycles. The second kappa shape index (κ2) is 8.67. The van der Waals surface area contributed by atoms with Gasteiger partial charge in [0.25, 0.3) is 0 Å². The molecule has 3 rings (SSSR count). The molecule has 0 fully saturated rings. The molecule has 1 aliphatic carbocycles. The molecule has 0 aliphatic heterocycles. The normalized spacial score (nSPS) is 16.6. The Bertz CT molecular complexity index is 715. The Morgan fingerprint density at radius 1 is 1.00 bits per heavy atom. The van der Waals surface area contributed by atoms with Gasteiger partial charge in [-0.3, -0.25) is 0 Å². The zero-order valence-electron chi connectivity index (χ0n) is 14.5. The second-order valence-electron chi connectivity index (χ2n) is 6.72. The van der Waals surface area contributed by atoms with E-state index >= 15 is 0 Å². The van der Waals surface area contributed by atoms with Gasteiger partial charge < -0.3 is 15.7 Å². The van der Waals surface area contributed by atoms with E-state index in [0.29, 0.717) is 19.0 Å². The summed E-state index contributed by atoms with van der Waals surface area (Å²) < 4.78 is 0. The average Bonchev–Trinajstić information content (AvgIpc) is 2.86. The number of aryl methyl sites for hydroxylation is 1. The fourth-order valence-corrected chi connectivity index (χ4v) is 3.53. The molecule has 0 radical (unpaired) electrons. The number of nitrogens with one attached hydrogen (secondary N) is 2. The summed E-state index contributed by atoms with van der Waals surface area (Å²) in [5.41, 5.74) is 4.67. The highest BCUT2D eigenvalue weighted by atomic mass is 16.3. The van der Waals surface area contributed by atoms with Crippen molar-refractivity contribution in [3.05, 3.63) is 70.8 Å². The summed E-state index contributed by atoms with van der Waals surface area (Å²) in [4.78, 5) is 12.1. The van der Waals surface area contributed by atoms with E-state index in [1.807, 2.05) is 24.3 Å². The lowest BCUT2D eigenvalue weighted by Gasteiger charge is -2.16. The third-order valence-electron chi connectivity index (χ3n) is 4.96. The predicted octanol–water partition coefficient (Wildman–Crippen LogP) is 3.17. The topological polar surface area (TPSA) is 61.4 Å². The second-order valence-corrected chi connectivity index (χ2v) is 6.72. The van der Waals surface area contributed by atoms with E-state index < -0.39 is 0 Å². The van der Waals surface area contributed by atoms with E-state index in [0.717, 1.165) is 30.4 Å². The van der Waals surface area contributed by atoms with Crippen LogP contribution in [0.4, 0.5) is 4.79 Å². The Kier molecular flexibility index (Phi) is 6.07. The van der Waals surface area contributed by atoms with Crippen molar-refractivity contribution in [3.63, 3.8) is 0 Å². The smallest absolute Gasteiger partial charge is 0.315 e. The molecule has 3 N–H and O–H groups in total. The summed E-state index contributed by atoms with van der Waals surface area (Å²) in [6.07, 6.45) is 4.48. The van der Waals surface area contributed by atoms with Crippen molar-refractivity contribution in [2.24, 2.45) is 5.92 Å². The van der Waals surface area contributed by atoms with Crippen LogP contribution in [0.15, 0.2) is 48.5 Å². The first-order valence-corrected chi connectivity index (χ1v) is 9.02. The molecule has 25 heavy (non-hydrogen) atoms. The molecule has 0 bridgehead atoms. The van der Waals surface area contributed by atoms with Gasteiger partial charge in [0, 0.05) is 13.1 Å². The van der Waals surface area contributed by atoms with Crippen LogP contribution < -0.4 is 10.6 Å². The molecule has 1 atom stereocenters. The third kappa shape index (κ3) is 4.83. The summed E-state index contributed by atoms with van der Waals surface area (Å²) in [6, 6.07) is 16.1. The largest absolute Gasteiger partial charge is 0.392 e. The molecule has 132 valence electrons. The number of aliphatic hydroxyl groups excluding tert-OH is 1. The first-order valence-electron chi connectivity index (χ1n) is 9.02. The van der Waals surface area contributed by atoms with Crippen molar-refractivity contribution in [1.29, 1.82) is 0 Å². The van der Waals surface area contributed by atoms with E-state index in [1.165, 1.54) is 17.5 Å². The van der Waals surface area contributed by atoms with E-state index in [1.54, 1.807) is 0 Å². The van der Waals surface area contributed by atoms with E-state index in [2.05, 4.69) is 34.9 Å². The van der Waals surface area contributed by atoms with Crippen LogP contribution in [0.2, 0.25) is 0 Å². The molecule has 0 heterocycles. The van der Waals surface area contributed by atoms with Crippen LogP contribution in [0.25, 0.3) is 0 Å². The highest BCUT2D eigenvalue weighted by Crippen LogP contribution is 2.24. The van der Waals surface area contributed by atoms with Gasteiger partial charge in [0.1, 0.15) is 0 Å². The fourth-order valence-electron chi connectivity index (χ4n) is 3.53. The molecule has 4 nitrogen and oxygen atoms in total. The number of carbonyl (C=O) groups is 1. The first-order chi connectivity index (χ1) is 12.3. The zero-order chi connectivity index (χ0) is 17.5. The molecule has 2 aromatic carbocycles. The standard InChI is InChI=1S/C21H26N2O2/c24-15-20-10-4-3-9-19(20)14-23-21(25)22-13-16-6-5-11-17-7-1-2-8-18(17)12-16/h1-4,7-10,16,24H,5-6,11-15H2,(H2,22,23,25). The van der Waals surface area contributed by atoms with Gasteiger partial charge in [-0.15, -0.1) is 0 Å². The number of aliphatic hydroxyl groups is 1. The van der Waals surface area contributed by atoms with Crippen LogP contribution in [-0.4, -0.2) is 17.7 Å². The monoisotopic (exact) mass is 338 g/mol. The van der Waals surface area contributed by atoms with Crippen molar-refractivity contribution < 1.29 is 9.90 Å². The highest BCUT2D eigenvalue weighted by molar-refractivity contribution is 5.73. The van der Waals surface area contributed by atoms with Crippen molar-refractivity contribution in [2.45, 2.75) is 38.8 Å². The van der Waals surface area contributed by atoms with E-state index in [9.17, 15) is 9.90 Å². The van der Waals surface area contributed by atoms with Gasteiger partial charge in [0.05, 0.1) is 6.61 Å². The Hall–Kier alpha value is -2.33. The van der Waals surface area contributed by atoms with Gasteiger partial charge >= 0.3 is 6.03 Å². The van der Waals surface area contributed by atoms with Gasteiger partial charge in [-0.1, -0.05) is 48.5 Å². The van der Waals surface area contributed by atoms with Crippen molar-refractivity contribution in [2.75, 3.05) is 6.54 Å². The van der Waals surface area contributed by atoms with E-state index in [4.69, 9.17) is 0 Å². The minimum atomic E-state index is -0.148. The number of carbonyl (C=O) groups excluding carboxylic acids is 1. The Morgan fingerprint density at radius 3 is 2.52 bits per heavy atom. The lowest BCUT2D eigenvalue weighted by molar-refractivity contribution is 0.237. The third-order valence-corrected chi connectivity index (χ3v) is 4.96. The highest BCUT2D eigenvalue weighted by Gasteiger charge is 2.17. The average molecular weight is 338 g/mol. The van der Waals surface area contributed by atoms with Gasteiger partial charge in [0.15, 0.2) is 0 Å². The summed E-state index contributed by atoms with van der Waals surface area (Å²) >= 11 is 0. The minimum Gasteiger partial charge on any atom is -0.392 e. The number of urea groups is 1. The Morgan fingerprint density at radius 2 is 1.72 bits per heavy atom. The minimum absolute atomic E-state index is 0.0129. The van der Waals surface area contributed by atoms with Gasteiger partial charge in [-0.05, 0) is 53.9 Å². The first kappa shape index (κ1) is 17.5. The summed E-state index contributed by atoms with van der Waals surface area (Å²) in [5, 5.41) is 15.2. The molecule has 1 aliphatic rings. The lowest BCUT2D eigenvalue weighted by Crippen LogP contribution is -2.38. The SMILES string of the molecule is O=C(NCc1ccccc1CO)NCC1CCCc2ccccc2C1. The molecular formula is C21H26N2O2. The lowest BCUT2D eigenvalue weighted by atomic mass is 9.97. The maximum absolute atomic E-state index is 12.1. The van der Waals surface area contributed by atoms with Crippen molar-refractivity contribution >= 4 is 6.03 Å². The van der Waals surface area contributed by atoms with Gasteiger partial charge in [-0.25, -0.2) is 4.79 Å². The van der Waals surface area contributed by atoms with Crippen LogP contribution in [0.1, 0.15) is 35.1 Å². The molecule has 4 heteroatoms. The Balaban J connectivity index is 1.48. The van der Waals surface area contributed by atoms with Gasteiger partial charge in [-0.2, -0.15) is 0 Å². The number of hydrogen-bond donors (Lipinski definition) is 3. The quantitative estimate of drug-likeness (QED) is 0.733. The number of fused-ring (bicyclic) bond motifs is 1. The molecule has 2 aromatic rings. The van der Waals surface area contributed by atoms with Crippen molar-refractivity contribution in [1.82, 2.24) is 10.6 Å². The maximum atomic E-state index is 12.1. The summed E-state index contributed by atoms with van der Waals surface area (Å²) in [6.45, 7) is 1.11. The van der Waals surface area contributed by atoms with Crippen LogP contribution in [0.5, 0.6) is 0 Å². The molecule has 1 unspecified atom stereocenters. The molecule has 0 saturated carbocycles. The van der Waals surface area contributed by atoms with Crippen LogP contribution >= 0.6 is 0 Å². The summed E-state index contributed by atoms with van der Waals surface area (Å²) in [7, 11) is 0. The van der Waals surface area contributed by atoms with Crippen LogP contribution in [0.3, 0.4) is 0 Å². The molecule has 0 saturated heterocycles. The molecule has 0 spiro atoms. The number of amides is 2. The van der Waals surface area contributed by atoms with E-state index in [-0.39, 0.29) is 12.6 Å². The van der Waals surface area contributed by atoms with Gasteiger partial charge in [0.2, 0.25) is 0 Å². The van der Waals surface area contributed by atoms with Crippen molar-refractivity contribution in [3.8, 4) is 0 Å². The summed E-state index contributed by atoms with van der Waals surface area (Å²) in [5.74, 6) is 0.485. The fraction of sp³-hybridized carbons (Fsp3) is 0.381. The Labute approximate surface area is 149 Å². The zero-order valence-corrected chi connectivity index (χ0v) is 14.5. The molecule has 2 amide bonds. The number of hydrogen-bond acceptors (Lipinski definition) is 2. The maximum Gasteiger partial charge on any atom is 0.315 e. The van der Waals surface area contributed by atoms with Crippen LogP contribution in [-0.2, 0) is 26.0 Å². The number of benzene rings is 2. The predicted molar refractivity (Wildman–Crippen MR) is 99.2 cm³/mol.